The fourth-order valence-electron chi connectivity index (χ4n) is 4.45. The molecule has 178 valence electrons. The lowest BCUT2D eigenvalue weighted by molar-refractivity contribution is -0.117. The van der Waals surface area contributed by atoms with Crippen LogP contribution in [0.3, 0.4) is 0 Å². The number of amides is 1. The molecule has 1 aromatic heterocycles. The number of allylic oxidation sites excluding steroid dienone is 1. The molecule has 34 heavy (non-hydrogen) atoms. The molecule has 0 radical (unpaired) electrons. The molecule has 8 nitrogen and oxygen atoms in total. The lowest BCUT2D eigenvalue weighted by atomic mass is 9.95. The van der Waals surface area contributed by atoms with Crippen molar-refractivity contribution >= 4 is 32.9 Å². The number of hydrogen-bond donors (Lipinski definition) is 2. The summed E-state index contributed by atoms with van der Waals surface area (Å²) in [4.78, 5) is 33.7. The first-order valence-corrected chi connectivity index (χ1v) is 13.2. The molecule has 2 aromatic rings. The van der Waals surface area contributed by atoms with Crippen molar-refractivity contribution in [2.75, 3.05) is 5.32 Å². The molecule has 3 fully saturated rings. The molecule has 1 amide bonds. The zero-order valence-corrected chi connectivity index (χ0v) is 19.6. The normalized spacial score (nSPS) is 21.0. The van der Waals surface area contributed by atoms with Gasteiger partial charge in [-0.15, -0.1) is 0 Å². The second kappa shape index (κ2) is 9.03. The highest BCUT2D eigenvalue weighted by Crippen LogP contribution is 2.46. The van der Waals surface area contributed by atoms with Crippen LogP contribution in [0.15, 0.2) is 41.6 Å². The third-order valence-electron chi connectivity index (χ3n) is 6.65. The van der Waals surface area contributed by atoms with Crippen molar-refractivity contribution in [3.05, 3.63) is 53.5 Å². The molecule has 1 unspecified atom stereocenters. The summed E-state index contributed by atoms with van der Waals surface area (Å²) in [5.74, 6) is 0.167. The van der Waals surface area contributed by atoms with Gasteiger partial charge >= 0.3 is 0 Å². The van der Waals surface area contributed by atoms with Crippen LogP contribution in [0, 0.1) is 5.92 Å². The summed E-state index contributed by atoms with van der Waals surface area (Å²) >= 11 is 0. The van der Waals surface area contributed by atoms with Crippen molar-refractivity contribution < 1.29 is 23.1 Å². The first-order valence-electron chi connectivity index (χ1n) is 11.7. The van der Waals surface area contributed by atoms with Crippen LogP contribution in [0.4, 0.5) is 5.82 Å². The van der Waals surface area contributed by atoms with Crippen LogP contribution in [0.5, 0.6) is 0 Å². The van der Waals surface area contributed by atoms with E-state index in [2.05, 4.69) is 15.3 Å². The number of aliphatic hydroxyl groups is 1. The molecule has 5 rings (SSSR count). The van der Waals surface area contributed by atoms with E-state index in [9.17, 15) is 18.0 Å². The molecule has 9 heteroatoms. The number of nitrogens with zero attached hydrogens (tertiary/aromatic N) is 2. The van der Waals surface area contributed by atoms with Crippen molar-refractivity contribution in [1.82, 2.24) is 9.97 Å². The topological polar surface area (TPSA) is 126 Å². The summed E-state index contributed by atoms with van der Waals surface area (Å²) in [6, 6.07) is 5.19. The minimum absolute atomic E-state index is 0.0460. The molecule has 3 aliphatic carbocycles. The minimum atomic E-state index is -3.35. The van der Waals surface area contributed by atoms with E-state index in [1.807, 2.05) is 12.1 Å². The van der Waals surface area contributed by atoms with Crippen molar-refractivity contribution in [3.8, 4) is 0 Å². The average Bonchev–Trinajstić information content (AvgIpc) is 3.75. The highest BCUT2D eigenvalue weighted by atomic mass is 32.2. The number of nitrogens with one attached hydrogen (secondary N) is 1. The number of hydrogen-bond acceptors (Lipinski definition) is 7. The Labute approximate surface area is 198 Å². The number of Topliss-reactive ketones (excluding diaryl/α,β-unsaturated/α-hetero) is 1. The lowest BCUT2D eigenvalue weighted by Gasteiger charge is -2.15. The van der Waals surface area contributed by atoms with Crippen molar-refractivity contribution in [2.24, 2.45) is 5.92 Å². The van der Waals surface area contributed by atoms with E-state index in [4.69, 9.17) is 5.11 Å². The molecular weight excluding hydrogens is 454 g/mol. The molecule has 3 aliphatic rings. The second-order valence-corrected chi connectivity index (χ2v) is 11.6. The predicted octanol–water partition coefficient (Wildman–Crippen LogP) is 3.17. The van der Waals surface area contributed by atoms with Crippen molar-refractivity contribution in [2.45, 2.75) is 67.6 Å². The Hall–Kier alpha value is -2.91. The number of ketones is 1. The van der Waals surface area contributed by atoms with Crippen molar-refractivity contribution in [1.29, 1.82) is 0 Å². The maximum Gasteiger partial charge on any atom is 0.257 e. The van der Waals surface area contributed by atoms with E-state index < -0.39 is 15.7 Å². The third-order valence-corrected chi connectivity index (χ3v) is 8.98. The Kier molecular flexibility index (Phi) is 6.07. The number of carbonyl (C=O) groups is 2. The molecule has 3 saturated carbocycles. The van der Waals surface area contributed by atoms with Gasteiger partial charge in [0, 0.05) is 18.4 Å². The quantitative estimate of drug-likeness (QED) is 0.555. The molecule has 0 aliphatic heterocycles. The van der Waals surface area contributed by atoms with Crippen LogP contribution in [-0.4, -0.2) is 40.4 Å². The van der Waals surface area contributed by atoms with Crippen molar-refractivity contribution in [3.63, 3.8) is 0 Å². The van der Waals surface area contributed by atoms with E-state index in [1.165, 1.54) is 12.4 Å². The Balaban J connectivity index is 1.50. The number of aliphatic hydroxyl groups excluding tert-OH is 1. The Morgan fingerprint density at radius 2 is 1.91 bits per heavy atom. The highest BCUT2D eigenvalue weighted by molar-refractivity contribution is 7.92. The molecule has 0 bridgehead atoms. The Bertz CT molecular complexity index is 1260. The van der Waals surface area contributed by atoms with Crippen LogP contribution in [0.25, 0.3) is 5.57 Å². The van der Waals surface area contributed by atoms with Crippen LogP contribution in [-0.2, 0) is 26.0 Å². The lowest BCUT2D eigenvalue weighted by Crippen LogP contribution is -2.17. The van der Waals surface area contributed by atoms with Gasteiger partial charge in [-0.2, -0.15) is 0 Å². The molecule has 1 atom stereocenters. The van der Waals surface area contributed by atoms with E-state index >= 15 is 0 Å². The van der Waals surface area contributed by atoms with Gasteiger partial charge in [-0.1, -0.05) is 12.1 Å². The average molecular weight is 482 g/mol. The molecule has 2 N–H and O–H groups in total. The fourth-order valence-corrected chi connectivity index (χ4v) is 6.38. The van der Waals surface area contributed by atoms with Gasteiger partial charge in [0.25, 0.3) is 5.91 Å². The summed E-state index contributed by atoms with van der Waals surface area (Å²) in [5.41, 5.74) is 2.20. The number of rotatable bonds is 8. The number of benzene rings is 1. The van der Waals surface area contributed by atoms with E-state index in [0.717, 1.165) is 18.4 Å². The maximum absolute atomic E-state index is 13.3. The SMILES string of the molecule is O=C1CCC(/C=C(/C(=O)Nc2cnc(CO)cn2)c2ccc(S(=O)(=O)C3CC3)c(C3CC3)c2)C1. The van der Waals surface area contributed by atoms with Crippen LogP contribution in [0.1, 0.15) is 67.7 Å². The van der Waals surface area contributed by atoms with Crippen LogP contribution < -0.4 is 5.32 Å². The van der Waals surface area contributed by atoms with E-state index in [1.54, 1.807) is 12.1 Å². The number of sulfone groups is 1. The highest BCUT2D eigenvalue weighted by Gasteiger charge is 2.40. The molecule has 1 heterocycles. The Morgan fingerprint density at radius 3 is 2.50 bits per heavy atom. The monoisotopic (exact) mass is 481 g/mol. The maximum atomic E-state index is 13.3. The van der Waals surface area contributed by atoms with Gasteiger partial charge < -0.3 is 10.4 Å². The molecule has 0 spiro atoms. The molecule has 0 saturated heterocycles. The second-order valence-electron chi connectivity index (χ2n) is 9.40. The first-order chi connectivity index (χ1) is 16.3. The summed E-state index contributed by atoms with van der Waals surface area (Å²) in [5, 5.41) is 11.6. The summed E-state index contributed by atoms with van der Waals surface area (Å²) in [6.45, 7) is -0.248. The smallest absolute Gasteiger partial charge is 0.257 e. The van der Waals surface area contributed by atoms with Gasteiger partial charge in [0.15, 0.2) is 15.7 Å². The van der Waals surface area contributed by atoms with E-state index in [-0.39, 0.29) is 35.3 Å². The molecule has 1 aromatic carbocycles. The zero-order valence-electron chi connectivity index (χ0n) is 18.7. The summed E-state index contributed by atoms with van der Waals surface area (Å²) < 4.78 is 26.0. The summed E-state index contributed by atoms with van der Waals surface area (Å²) in [6.07, 6.45) is 9.44. The number of anilines is 1. The van der Waals surface area contributed by atoms with Gasteiger partial charge in [-0.05, 0) is 67.2 Å². The van der Waals surface area contributed by atoms with Gasteiger partial charge in [0.05, 0.1) is 34.8 Å². The fraction of sp³-hybridized carbons (Fsp3) is 0.440. The van der Waals surface area contributed by atoms with Crippen LogP contribution in [0.2, 0.25) is 0 Å². The summed E-state index contributed by atoms with van der Waals surface area (Å²) in [7, 11) is -3.35. The van der Waals surface area contributed by atoms with Crippen LogP contribution >= 0.6 is 0 Å². The largest absolute Gasteiger partial charge is 0.390 e. The Morgan fingerprint density at radius 1 is 1.12 bits per heavy atom. The number of aromatic nitrogens is 2. The predicted molar refractivity (Wildman–Crippen MR) is 126 cm³/mol. The van der Waals surface area contributed by atoms with Gasteiger partial charge in [-0.25, -0.2) is 13.4 Å². The van der Waals surface area contributed by atoms with E-state index in [0.29, 0.717) is 53.8 Å². The number of carbonyl (C=O) groups excluding carboxylic acids is 2. The molecular formula is C25H27N3O5S. The third kappa shape index (κ3) is 4.81. The van der Waals surface area contributed by atoms with Gasteiger partial charge in [0.2, 0.25) is 0 Å². The standard InChI is InChI=1S/C25H27N3O5S/c29-14-18-12-27-24(13-26-18)28-25(31)22(10-15-1-5-19(30)9-15)17-4-8-23(21(11-17)16-2-3-16)34(32,33)20-6-7-20/h4,8,10-13,15-16,20,29H,1-3,5-7,9,14H2,(H,27,28,31)/b22-10+. The zero-order chi connectivity index (χ0) is 23.9. The minimum Gasteiger partial charge on any atom is -0.390 e. The van der Waals surface area contributed by atoms with Gasteiger partial charge in [0.1, 0.15) is 5.78 Å². The van der Waals surface area contributed by atoms with Gasteiger partial charge in [-0.3, -0.25) is 14.6 Å². The first kappa shape index (κ1) is 22.9.